The van der Waals surface area contributed by atoms with Crippen LogP contribution in [-0.2, 0) is 41.1 Å². The monoisotopic (exact) mass is 689 g/mol. The Hall–Kier alpha value is -0.376. The van der Waals surface area contributed by atoms with E-state index in [1.165, 1.54) is 0 Å². The fourth-order valence-electron chi connectivity index (χ4n) is 3.72. The van der Waals surface area contributed by atoms with E-state index in [0.717, 1.165) is 23.2 Å². The summed E-state index contributed by atoms with van der Waals surface area (Å²) in [6.45, 7) is 28.8. The molecule has 0 radical (unpaired) electrons. The van der Waals surface area contributed by atoms with Crippen LogP contribution in [0.4, 0.5) is 5.69 Å². The van der Waals surface area contributed by atoms with Crippen LogP contribution in [0.2, 0.25) is 36.3 Å². The van der Waals surface area contributed by atoms with Gasteiger partial charge in [-0.1, -0.05) is 76.1 Å². The van der Waals surface area contributed by atoms with Crippen LogP contribution < -0.4 is 4.90 Å². The molecule has 1 rings (SSSR count). The number of hydrogen-bond donors (Lipinski definition) is 0. The summed E-state index contributed by atoms with van der Waals surface area (Å²) in [5, 5.41) is 0.614. The molecule has 0 aromatic heterocycles. The van der Waals surface area contributed by atoms with Crippen LogP contribution in [0.25, 0.3) is 0 Å². The molecule has 0 heterocycles. The molecule has 0 aliphatic rings. The van der Waals surface area contributed by atoms with Crippen molar-refractivity contribution in [2.45, 2.75) is 116 Å². The molecule has 0 saturated heterocycles. The molecule has 256 valence electrons. The zero-order valence-corrected chi connectivity index (χ0v) is 33.7. The third-order valence-corrected chi connectivity index (χ3v) is 20.0. The molecule has 11 heteroatoms. The van der Waals surface area contributed by atoms with E-state index in [1.807, 2.05) is 15.7 Å². The van der Waals surface area contributed by atoms with Crippen LogP contribution in [0.1, 0.15) is 72.4 Å². The Morgan fingerprint density at radius 1 is 0.818 bits per heavy atom. The molecule has 0 saturated carbocycles. The van der Waals surface area contributed by atoms with Crippen molar-refractivity contribution in [2.24, 2.45) is 0 Å². The number of rotatable bonds is 21. The number of benzene rings is 1. The highest BCUT2D eigenvalue weighted by atomic mass is 33.1. The van der Waals surface area contributed by atoms with E-state index in [2.05, 4.69) is 99.1 Å². The SMILES string of the molecule is COCCOCCOCCN(C(=O)CCC(C)SSC)c1cc(CO[Si](C)(C)C(C)(C)C)cc(CO[Si](C)(C)C(C)(C)C)c1. The molecule has 0 aliphatic carbocycles. The average Bonchev–Trinajstić information content (AvgIpc) is 2.92. The molecule has 1 atom stereocenters. The fraction of sp³-hybridized carbons (Fsp3) is 0.788. The molecular formula is C33H63NO6S2Si2. The summed E-state index contributed by atoms with van der Waals surface area (Å²) in [5.41, 5.74) is 3.01. The second-order valence-electron chi connectivity index (χ2n) is 14.5. The number of carbonyl (C=O) groups excluding carboxylic acids is 1. The minimum absolute atomic E-state index is 0.108. The standard InChI is InChI=1S/C33H63NO6S2Si2/c1-27(42-41-9)14-15-31(35)34(16-17-37-20-21-38-19-18-36-8)30-23-28(25-39-43(10,11)32(2,3)4)22-29(24-30)26-40-44(12,13)33(5,6)7/h22-24,27H,14-21,25-26H2,1-13H3. The first-order valence-electron chi connectivity index (χ1n) is 15.9. The summed E-state index contributed by atoms with van der Waals surface area (Å²) in [6, 6.07) is 6.43. The first-order valence-corrected chi connectivity index (χ1v) is 24.3. The minimum Gasteiger partial charge on any atom is -0.413 e. The van der Waals surface area contributed by atoms with Gasteiger partial charge in [-0.25, -0.2) is 0 Å². The van der Waals surface area contributed by atoms with Crippen molar-refractivity contribution in [3.05, 3.63) is 29.3 Å². The first kappa shape index (κ1) is 41.6. The highest BCUT2D eigenvalue weighted by molar-refractivity contribution is 8.76. The second kappa shape index (κ2) is 19.4. The third-order valence-electron chi connectivity index (χ3n) is 8.75. The van der Waals surface area contributed by atoms with Gasteiger partial charge in [-0.3, -0.25) is 4.79 Å². The van der Waals surface area contributed by atoms with Gasteiger partial charge in [0.1, 0.15) is 0 Å². The summed E-state index contributed by atoms with van der Waals surface area (Å²) in [4.78, 5) is 15.7. The van der Waals surface area contributed by atoms with E-state index in [1.54, 1.807) is 17.9 Å². The van der Waals surface area contributed by atoms with Crippen LogP contribution >= 0.6 is 21.6 Å². The summed E-state index contributed by atoms with van der Waals surface area (Å²) in [7, 11) is 1.28. The molecular weight excluding hydrogens is 627 g/mol. The summed E-state index contributed by atoms with van der Waals surface area (Å²) in [6.07, 6.45) is 3.39. The number of methoxy groups -OCH3 is 1. The van der Waals surface area contributed by atoms with Crippen molar-refractivity contribution in [1.29, 1.82) is 0 Å². The number of amides is 1. The van der Waals surface area contributed by atoms with E-state index in [0.29, 0.717) is 64.5 Å². The van der Waals surface area contributed by atoms with Crippen molar-refractivity contribution in [2.75, 3.05) is 57.8 Å². The molecule has 44 heavy (non-hydrogen) atoms. The molecule has 0 fully saturated rings. The fourth-order valence-corrected chi connectivity index (χ4v) is 7.46. The van der Waals surface area contributed by atoms with Crippen LogP contribution in [0.15, 0.2) is 18.2 Å². The van der Waals surface area contributed by atoms with Gasteiger partial charge in [-0.2, -0.15) is 0 Å². The third kappa shape index (κ3) is 15.0. The Balaban J connectivity index is 3.31. The second-order valence-corrected chi connectivity index (χ2v) is 27.0. The van der Waals surface area contributed by atoms with Gasteiger partial charge in [0.25, 0.3) is 0 Å². The van der Waals surface area contributed by atoms with Gasteiger partial charge in [0, 0.05) is 31.0 Å². The first-order chi connectivity index (χ1) is 20.3. The average molecular weight is 690 g/mol. The van der Waals surface area contributed by atoms with Crippen molar-refractivity contribution in [3.63, 3.8) is 0 Å². The highest BCUT2D eigenvalue weighted by Gasteiger charge is 2.38. The molecule has 0 N–H and O–H groups in total. The van der Waals surface area contributed by atoms with Gasteiger partial charge in [-0.05, 0) is 72.2 Å². The summed E-state index contributed by atoms with van der Waals surface area (Å²) < 4.78 is 29.7. The maximum Gasteiger partial charge on any atom is 0.227 e. The Morgan fingerprint density at radius 2 is 1.30 bits per heavy atom. The summed E-state index contributed by atoms with van der Waals surface area (Å²) in [5.74, 6) is 0.109. The van der Waals surface area contributed by atoms with Gasteiger partial charge in [0.2, 0.25) is 5.91 Å². The zero-order chi connectivity index (χ0) is 33.6. The molecule has 1 aromatic carbocycles. The maximum absolute atomic E-state index is 13.8. The molecule has 7 nitrogen and oxygen atoms in total. The van der Waals surface area contributed by atoms with Crippen molar-refractivity contribution >= 4 is 49.8 Å². The predicted molar refractivity (Wildman–Crippen MR) is 196 cm³/mol. The Kier molecular flexibility index (Phi) is 18.4. The predicted octanol–water partition coefficient (Wildman–Crippen LogP) is 8.92. The van der Waals surface area contributed by atoms with Gasteiger partial charge >= 0.3 is 0 Å². The Morgan fingerprint density at radius 3 is 1.75 bits per heavy atom. The molecule has 1 unspecified atom stereocenters. The molecule has 0 bridgehead atoms. The largest absolute Gasteiger partial charge is 0.413 e. The normalized spacial score (nSPS) is 13.8. The lowest BCUT2D eigenvalue weighted by Gasteiger charge is -2.37. The van der Waals surface area contributed by atoms with Gasteiger partial charge in [-0.15, -0.1) is 0 Å². The lowest BCUT2D eigenvalue weighted by molar-refractivity contribution is -0.118. The Labute approximate surface area is 279 Å². The van der Waals surface area contributed by atoms with Gasteiger partial charge in [0.05, 0.1) is 46.2 Å². The van der Waals surface area contributed by atoms with E-state index < -0.39 is 16.6 Å². The number of anilines is 1. The van der Waals surface area contributed by atoms with Crippen LogP contribution in [0.3, 0.4) is 0 Å². The maximum atomic E-state index is 13.8. The van der Waals surface area contributed by atoms with Gasteiger partial charge in [0.15, 0.2) is 16.6 Å². The zero-order valence-electron chi connectivity index (χ0n) is 30.1. The van der Waals surface area contributed by atoms with Crippen molar-refractivity contribution < 1.29 is 27.9 Å². The molecule has 1 amide bonds. The van der Waals surface area contributed by atoms with Crippen molar-refractivity contribution in [3.8, 4) is 0 Å². The Bertz CT molecular complexity index is 934. The molecule has 0 aliphatic heterocycles. The lowest BCUT2D eigenvalue weighted by atomic mass is 10.1. The minimum atomic E-state index is -1.97. The number of hydrogen-bond acceptors (Lipinski definition) is 8. The number of ether oxygens (including phenoxy) is 3. The van der Waals surface area contributed by atoms with E-state index in [4.69, 9.17) is 23.1 Å². The smallest absolute Gasteiger partial charge is 0.227 e. The van der Waals surface area contributed by atoms with Crippen molar-refractivity contribution in [1.82, 2.24) is 0 Å². The quantitative estimate of drug-likeness (QED) is 0.0721. The molecule has 1 aromatic rings. The van der Waals surface area contributed by atoms with Gasteiger partial charge < -0.3 is 28.0 Å². The molecule has 0 spiro atoms. The number of nitrogens with zero attached hydrogens (tertiary/aromatic N) is 1. The lowest BCUT2D eigenvalue weighted by Crippen LogP contribution is -2.40. The number of carbonyl (C=O) groups is 1. The van der Waals surface area contributed by atoms with E-state index in [9.17, 15) is 4.79 Å². The van der Waals surface area contributed by atoms with Crippen LogP contribution in [0, 0.1) is 0 Å². The van der Waals surface area contributed by atoms with E-state index >= 15 is 0 Å². The van der Waals surface area contributed by atoms with E-state index in [-0.39, 0.29) is 16.0 Å². The van der Waals surface area contributed by atoms with Crippen LogP contribution in [0.5, 0.6) is 0 Å². The summed E-state index contributed by atoms with van der Waals surface area (Å²) >= 11 is 0. The highest BCUT2D eigenvalue weighted by Crippen LogP contribution is 2.39. The van der Waals surface area contributed by atoms with Crippen LogP contribution in [-0.4, -0.2) is 80.7 Å². The topological polar surface area (TPSA) is 66.5 Å².